The van der Waals surface area contributed by atoms with Gasteiger partial charge in [0.05, 0.1) is 12.5 Å². The third-order valence-electron chi connectivity index (χ3n) is 9.56. The van der Waals surface area contributed by atoms with Crippen molar-refractivity contribution in [1.82, 2.24) is 16.0 Å². The SMILES string of the molecule is C=CCC[C@H](NC(=O)OCC1c2ccccc2-c2ccccc21)C(=O)OC[C@H](NC(=O)[C@@H](CC=C)CC(=O)N[C@@H](C)CO)C(=O)Nc1ccc2ccccc2c1. The highest BCUT2D eigenvalue weighted by Gasteiger charge is 2.32. The molecule has 0 saturated heterocycles. The van der Waals surface area contributed by atoms with Crippen LogP contribution in [0.15, 0.2) is 116 Å². The maximum absolute atomic E-state index is 13.7. The number of carbonyl (C=O) groups excluding carboxylic acids is 5. The maximum Gasteiger partial charge on any atom is 0.407 e. The molecule has 0 aromatic heterocycles. The molecule has 4 aromatic rings. The van der Waals surface area contributed by atoms with E-state index in [-0.39, 0.29) is 38.4 Å². The molecule has 5 N–H and O–H groups in total. The topological polar surface area (TPSA) is 172 Å². The molecule has 56 heavy (non-hydrogen) atoms. The Hall–Kier alpha value is -6.27. The normalized spacial score (nSPS) is 13.8. The second kappa shape index (κ2) is 19.9. The van der Waals surface area contributed by atoms with Gasteiger partial charge >= 0.3 is 12.1 Å². The van der Waals surface area contributed by atoms with E-state index in [9.17, 15) is 29.1 Å². The maximum atomic E-state index is 13.7. The van der Waals surface area contributed by atoms with E-state index < -0.39 is 60.4 Å². The van der Waals surface area contributed by atoms with E-state index in [0.29, 0.717) is 12.1 Å². The fourth-order valence-electron chi connectivity index (χ4n) is 6.64. The summed E-state index contributed by atoms with van der Waals surface area (Å²) in [7, 11) is 0. The van der Waals surface area contributed by atoms with Gasteiger partial charge in [-0.05, 0) is 71.3 Å². The molecule has 0 unspecified atom stereocenters. The van der Waals surface area contributed by atoms with Crippen LogP contribution in [0.5, 0.6) is 0 Å². The Morgan fingerprint density at radius 2 is 1.43 bits per heavy atom. The summed E-state index contributed by atoms with van der Waals surface area (Å²) in [5.74, 6) is -3.75. The first-order chi connectivity index (χ1) is 27.1. The molecule has 12 nitrogen and oxygen atoms in total. The highest BCUT2D eigenvalue weighted by molar-refractivity contribution is 6.00. The number of allylic oxidation sites excluding steroid dienone is 2. The molecule has 0 bridgehead atoms. The summed E-state index contributed by atoms with van der Waals surface area (Å²) in [6, 6.07) is 25.7. The third-order valence-corrected chi connectivity index (χ3v) is 9.56. The van der Waals surface area contributed by atoms with E-state index in [2.05, 4.69) is 34.4 Å². The lowest BCUT2D eigenvalue weighted by Gasteiger charge is -2.23. The van der Waals surface area contributed by atoms with E-state index >= 15 is 0 Å². The van der Waals surface area contributed by atoms with Gasteiger partial charge in [0.15, 0.2) is 0 Å². The summed E-state index contributed by atoms with van der Waals surface area (Å²) in [6.45, 7) is 8.20. The van der Waals surface area contributed by atoms with Crippen molar-refractivity contribution in [3.05, 3.63) is 127 Å². The number of hydrogen-bond donors (Lipinski definition) is 5. The highest BCUT2D eigenvalue weighted by atomic mass is 16.6. The number of benzene rings is 4. The Kier molecular flexibility index (Phi) is 14.5. The minimum absolute atomic E-state index is 0.0367. The van der Waals surface area contributed by atoms with Crippen LogP contribution in [-0.4, -0.2) is 72.8 Å². The number of fused-ring (bicyclic) bond motifs is 4. The number of nitrogens with one attached hydrogen (secondary N) is 4. The molecule has 0 heterocycles. The predicted molar refractivity (Wildman–Crippen MR) is 215 cm³/mol. The first-order valence-electron chi connectivity index (χ1n) is 18.6. The molecule has 0 radical (unpaired) electrons. The average Bonchev–Trinajstić information content (AvgIpc) is 3.52. The molecule has 12 heteroatoms. The number of esters is 1. The van der Waals surface area contributed by atoms with E-state index in [1.807, 2.05) is 78.9 Å². The van der Waals surface area contributed by atoms with Crippen LogP contribution in [0.4, 0.5) is 10.5 Å². The zero-order valence-corrected chi connectivity index (χ0v) is 31.4. The van der Waals surface area contributed by atoms with E-state index in [0.717, 1.165) is 33.0 Å². The third kappa shape index (κ3) is 10.7. The number of amides is 4. The highest BCUT2D eigenvalue weighted by Crippen LogP contribution is 2.44. The Morgan fingerprint density at radius 3 is 2.09 bits per heavy atom. The number of ether oxygens (including phenoxy) is 2. The van der Waals surface area contributed by atoms with Crippen LogP contribution in [-0.2, 0) is 28.7 Å². The van der Waals surface area contributed by atoms with Gasteiger partial charge in [0.25, 0.3) is 5.91 Å². The first kappa shape index (κ1) is 40.9. The summed E-state index contributed by atoms with van der Waals surface area (Å²) in [4.78, 5) is 66.6. The smallest absolute Gasteiger partial charge is 0.407 e. The molecule has 4 atom stereocenters. The molecule has 292 valence electrons. The van der Waals surface area contributed by atoms with Crippen molar-refractivity contribution in [2.75, 3.05) is 25.1 Å². The van der Waals surface area contributed by atoms with Crippen LogP contribution in [0.2, 0.25) is 0 Å². The van der Waals surface area contributed by atoms with Gasteiger partial charge in [0.2, 0.25) is 11.8 Å². The fraction of sp³-hybridized carbons (Fsp3) is 0.295. The van der Waals surface area contributed by atoms with Gasteiger partial charge in [0.1, 0.15) is 25.3 Å². The zero-order valence-electron chi connectivity index (χ0n) is 31.4. The average molecular weight is 761 g/mol. The Balaban J connectivity index is 1.27. The summed E-state index contributed by atoms with van der Waals surface area (Å²) in [5.41, 5.74) is 4.67. The quantitative estimate of drug-likeness (QED) is 0.0593. The number of carbonyl (C=O) groups is 5. The molecule has 4 aromatic carbocycles. The van der Waals surface area contributed by atoms with Crippen LogP contribution >= 0.6 is 0 Å². The van der Waals surface area contributed by atoms with E-state index in [1.165, 1.54) is 6.08 Å². The van der Waals surface area contributed by atoms with E-state index in [1.54, 1.807) is 25.1 Å². The number of aliphatic hydroxyl groups is 1. The molecular formula is C44H48N4O8. The Labute approximate surface area is 326 Å². The Bertz CT molecular complexity index is 2020. The van der Waals surface area contributed by atoms with Gasteiger partial charge in [-0.15, -0.1) is 13.2 Å². The van der Waals surface area contributed by atoms with E-state index in [4.69, 9.17) is 9.47 Å². The molecular weight excluding hydrogens is 713 g/mol. The minimum atomic E-state index is -1.39. The van der Waals surface area contributed by atoms with Crippen LogP contribution in [0.1, 0.15) is 49.7 Å². The largest absolute Gasteiger partial charge is 0.461 e. The molecule has 1 aliphatic rings. The molecule has 0 saturated carbocycles. The minimum Gasteiger partial charge on any atom is -0.461 e. The van der Waals surface area contributed by atoms with Crippen LogP contribution in [0.3, 0.4) is 0 Å². The number of anilines is 1. The van der Waals surface area contributed by atoms with Gasteiger partial charge in [-0.25, -0.2) is 9.59 Å². The molecule has 4 amide bonds. The summed E-state index contributed by atoms with van der Waals surface area (Å²) in [5, 5.41) is 21.8. The lowest BCUT2D eigenvalue weighted by Crippen LogP contribution is -2.51. The second-order valence-electron chi connectivity index (χ2n) is 13.7. The van der Waals surface area contributed by atoms with Crippen molar-refractivity contribution in [1.29, 1.82) is 0 Å². The summed E-state index contributed by atoms with van der Waals surface area (Å²) < 4.78 is 11.3. The summed E-state index contributed by atoms with van der Waals surface area (Å²) >= 11 is 0. The molecule has 0 aliphatic heterocycles. The van der Waals surface area contributed by atoms with Crippen molar-refractivity contribution in [2.24, 2.45) is 5.92 Å². The lowest BCUT2D eigenvalue weighted by atomic mass is 9.98. The number of aliphatic hydroxyl groups excluding tert-OH is 1. The molecule has 5 rings (SSSR count). The second-order valence-corrected chi connectivity index (χ2v) is 13.7. The zero-order chi connectivity index (χ0) is 40.0. The van der Waals surface area contributed by atoms with Gasteiger partial charge in [-0.3, -0.25) is 14.4 Å². The standard InChI is InChI=1S/C44H48N4O8/c1-4-6-20-38(48-44(54)56-26-37-35-18-11-9-16-33(35)34-17-10-12-19-36(34)37)43(53)55-27-39(42(52)46-32-22-21-29-14-7-8-15-30(29)23-32)47-41(51)31(13-5-2)24-40(50)45-28(3)25-49/h4-5,7-12,14-19,21-23,28,31,37-39,49H,1-2,6,13,20,24-27H2,3H3,(H,45,50)(H,46,52)(H,47,51)(H,48,54)/t28-,31-,38-,39-/m0/s1. The molecule has 1 aliphatic carbocycles. The number of rotatable bonds is 19. The van der Waals surface area contributed by atoms with Gasteiger partial charge in [-0.1, -0.05) is 91.0 Å². The number of alkyl carbamates (subject to hydrolysis) is 1. The van der Waals surface area contributed by atoms with Crippen LogP contribution in [0, 0.1) is 5.92 Å². The summed E-state index contributed by atoms with van der Waals surface area (Å²) in [6.07, 6.45) is 2.61. The van der Waals surface area contributed by atoms with Gasteiger partial charge in [-0.2, -0.15) is 0 Å². The Morgan fingerprint density at radius 1 is 0.768 bits per heavy atom. The van der Waals surface area contributed by atoms with Crippen molar-refractivity contribution in [2.45, 2.75) is 56.7 Å². The van der Waals surface area contributed by atoms with Crippen molar-refractivity contribution < 1.29 is 38.6 Å². The van der Waals surface area contributed by atoms with Crippen molar-refractivity contribution in [3.63, 3.8) is 0 Å². The lowest BCUT2D eigenvalue weighted by molar-refractivity contribution is -0.148. The van der Waals surface area contributed by atoms with Crippen molar-refractivity contribution >= 4 is 46.2 Å². The molecule has 0 fully saturated rings. The first-order valence-corrected chi connectivity index (χ1v) is 18.6. The van der Waals surface area contributed by atoms with Gasteiger partial charge < -0.3 is 35.8 Å². The van der Waals surface area contributed by atoms with Crippen LogP contribution < -0.4 is 21.3 Å². The number of hydrogen-bond acceptors (Lipinski definition) is 8. The van der Waals surface area contributed by atoms with Crippen molar-refractivity contribution in [3.8, 4) is 11.1 Å². The predicted octanol–water partition coefficient (Wildman–Crippen LogP) is 5.76. The van der Waals surface area contributed by atoms with Crippen LogP contribution in [0.25, 0.3) is 21.9 Å². The van der Waals surface area contributed by atoms with Gasteiger partial charge in [0, 0.05) is 24.1 Å². The molecule has 0 spiro atoms. The monoisotopic (exact) mass is 760 g/mol. The fourth-order valence-corrected chi connectivity index (χ4v) is 6.64.